The number of esters is 1. The third kappa shape index (κ3) is 4.09. The third-order valence-corrected chi connectivity index (χ3v) is 5.24. The van der Waals surface area contributed by atoms with Gasteiger partial charge in [-0.15, -0.1) is 11.3 Å². The minimum absolute atomic E-state index is 0.00929. The second kappa shape index (κ2) is 7.77. The number of hydrogen-bond acceptors (Lipinski definition) is 4. The van der Waals surface area contributed by atoms with E-state index in [1.54, 1.807) is 11.3 Å². The molecule has 2 atom stereocenters. The lowest BCUT2D eigenvalue weighted by Gasteiger charge is -2.12. The number of rotatable bonds is 6. The van der Waals surface area contributed by atoms with Crippen molar-refractivity contribution in [3.63, 3.8) is 0 Å². The van der Waals surface area contributed by atoms with E-state index in [0.717, 1.165) is 30.6 Å². The fourth-order valence-corrected chi connectivity index (χ4v) is 3.97. The summed E-state index contributed by atoms with van der Waals surface area (Å²) in [6.45, 7) is 6.45. The minimum atomic E-state index is -0.128. The Labute approximate surface area is 136 Å². The molecule has 1 aliphatic rings. The lowest BCUT2D eigenvalue weighted by atomic mass is 10.1. The van der Waals surface area contributed by atoms with Crippen LogP contribution in [0.3, 0.4) is 0 Å². The Morgan fingerprint density at radius 3 is 2.82 bits per heavy atom. The van der Waals surface area contributed by atoms with E-state index < -0.39 is 0 Å². The number of ether oxygens (including phenoxy) is 1. The van der Waals surface area contributed by atoms with Gasteiger partial charge in [-0.25, -0.2) is 0 Å². The van der Waals surface area contributed by atoms with E-state index in [1.807, 2.05) is 13.0 Å². The summed E-state index contributed by atoms with van der Waals surface area (Å²) in [5, 5.41) is 3.07. The zero-order valence-corrected chi connectivity index (χ0v) is 14.4. The van der Waals surface area contributed by atoms with Gasteiger partial charge in [0.2, 0.25) is 0 Å². The number of carbonyl (C=O) groups excluding carboxylic acids is 2. The molecule has 0 aromatic carbocycles. The van der Waals surface area contributed by atoms with Crippen molar-refractivity contribution < 1.29 is 14.3 Å². The van der Waals surface area contributed by atoms with Crippen LogP contribution in [0.4, 0.5) is 0 Å². The number of carbonyl (C=O) groups is 2. The molecule has 1 aromatic heterocycles. The Kier molecular flexibility index (Phi) is 6.00. The zero-order chi connectivity index (χ0) is 16.1. The Morgan fingerprint density at radius 1 is 1.36 bits per heavy atom. The van der Waals surface area contributed by atoms with Crippen molar-refractivity contribution in [2.45, 2.75) is 58.9 Å². The van der Waals surface area contributed by atoms with Gasteiger partial charge in [0.1, 0.15) is 0 Å². The highest BCUT2D eigenvalue weighted by molar-refractivity contribution is 7.14. The van der Waals surface area contributed by atoms with Crippen LogP contribution in [0.25, 0.3) is 0 Å². The van der Waals surface area contributed by atoms with Crippen LogP contribution in [0.5, 0.6) is 0 Å². The van der Waals surface area contributed by atoms with Crippen molar-refractivity contribution in [3.8, 4) is 0 Å². The smallest absolute Gasteiger partial charge is 0.308 e. The molecule has 122 valence electrons. The molecule has 1 fully saturated rings. The monoisotopic (exact) mass is 323 g/mol. The first kappa shape index (κ1) is 17.0. The molecule has 2 rings (SSSR count). The van der Waals surface area contributed by atoms with Crippen molar-refractivity contribution in [1.29, 1.82) is 0 Å². The molecule has 0 spiro atoms. The van der Waals surface area contributed by atoms with Crippen LogP contribution in [-0.4, -0.2) is 24.5 Å². The van der Waals surface area contributed by atoms with E-state index in [2.05, 4.69) is 19.2 Å². The topological polar surface area (TPSA) is 55.4 Å². The number of nitrogens with one attached hydrogen (secondary N) is 1. The second-order valence-corrected chi connectivity index (χ2v) is 7.13. The van der Waals surface area contributed by atoms with Gasteiger partial charge in [-0.1, -0.05) is 13.3 Å². The third-order valence-electron chi connectivity index (χ3n) is 4.15. The first-order valence-corrected chi connectivity index (χ1v) is 8.93. The predicted molar refractivity (Wildman–Crippen MR) is 88.3 cm³/mol. The fraction of sp³-hybridized carbons (Fsp3) is 0.647. The highest BCUT2D eigenvalue weighted by Crippen LogP contribution is 2.28. The normalized spacial score (nSPS) is 20.9. The molecule has 1 heterocycles. The number of aryl methyl sites for hydroxylation is 2. The molecule has 1 amide bonds. The van der Waals surface area contributed by atoms with Gasteiger partial charge in [0.15, 0.2) is 0 Å². The first-order valence-electron chi connectivity index (χ1n) is 8.11. The summed E-state index contributed by atoms with van der Waals surface area (Å²) >= 11 is 1.56. The molecule has 0 bridgehead atoms. The summed E-state index contributed by atoms with van der Waals surface area (Å²) in [6, 6.07) is 2.09. The summed E-state index contributed by atoms with van der Waals surface area (Å²) in [5.74, 6) is -0.201. The summed E-state index contributed by atoms with van der Waals surface area (Å²) in [7, 11) is 0. The van der Waals surface area contributed by atoms with Gasteiger partial charge in [0.05, 0.1) is 17.4 Å². The highest BCUT2D eigenvalue weighted by atomic mass is 32.1. The Bertz CT molecular complexity index is 538. The molecule has 4 nitrogen and oxygen atoms in total. The fourth-order valence-electron chi connectivity index (χ4n) is 2.99. The second-order valence-electron chi connectivity index (χ2n) is 5.87. The molecule has 0 saturated heterocycles. The highest BCUT2D eigenvalue weighted by Gasteiger charge is 2.32. The van der Waals surface area contributed by atoms with Crippen LogP contribution >= 0.6 is 11.3 Å². The molecule has 1 saturated carbocycles. The van der Waals surface area contributed by atoms with E-state index in [4.69, 9.17) is 4.74 Å². The molecule has 1 aliphatic carbocycles. The summed E-state index contributed by atoms with van der Waals surface area (Å²) < 4.78 is 5.06. The van der Waals surface area contributed by atoms with Crippen molar-refractivity contribution in [1.82, 2.24) is 5.32 Å². The van der Waals surface area contributed by atoms with Gasteiger partial charge in [0.25, 0.3) is 5.91 Å². The largest absolute Gasteiger partial charge is 0.466 e. The molecular formula is C17H25NO3S. The predicted octanol–water partition coefficient (Wildman–Crippen LogP) is 3.47. The average Bonchev–Trinajstić information content (AvgIpc) is 3.07. The maximum absolute atomic E-state index is 12.4. The standard InChI is InChI=1S/C17H25NO3S/c1-4-6-12-10-15(22-11(12)3)16(19)18-14-8-7-13(9-14)17(20)21-5-2/h10,13-14H,4-9H2,1-3H3,(H,18,19)/t13-,14-/m0/s1. The lowest BCUT2D eigenvalue weighted by molar-refractivity contribution is -0.147. The zero-order valence-electron chi connectivity index (χ0n) is 13.6. The van der Waals surface area contributed by atoms with Gasteiger partial charge in [-0.05, 0) is 51.2 Å². The SMILES string of the molecule is CCCc1cc(C(=O)N[C@H]2CC[C@H](C(=O)OCC)C2)sc1C. The van der Waals surface area contributed by atoms with Crippen LogP contribution < -0.4 is 5.32 Å². The number of thiophene rings is 1. The van der Waals surface area contributed by atoms with Crippen LogP contribution in [0, 0.1) is 12.8 Å². The molecular weight excluding hydrogens is 298 g/mol. The molecule has 0 radical (unpaired) electrons. The quantitative estimate of drug-likeness (QED) is 0.816. The van der Waals surface area contributed by atoms with Gasteiger partial charge in [-0.3, -0.25) is 9.59 Å². The van der Waals surface area contributed by atoms with Crippen molar-refractivity contribution in [2.24, 2.45) is 5.92 Å². The summed E-state index contributed by atoms with van der Waals surface area (Å²) in [5.41, 5.74) is 1.27. The van der Waals surface area contributed by atoms with Gasteiger partial charge in [-0.2, -0.15) is 0 Å². The van der Waals surface area contributed by atoms with Crippen molar-refractivity contribution in [2.75, 3.05) is 6.61 Å². The van der Waals surface area contributed by atoms with Crippen molar-refractivity contribution in [3.05, 3.63) is 21.4 Å². The first-order chi connectivity index (χ1) is 10.5. The van der Waals surface area contributed by atoms with Crippen LogP contribution in [-0.2, 0) is 16.0 Å². The maximum atomic E-state index is 12.4. The van der Waals surface area contributed by atoms with E-state index in [0.29, 0.717) is 13.0 Å². The van der Waals surface area contributed by atoms with E-state index in [-0.39, 0.29) is 23.8 Å². The van der Waals surface area contributed by atoms with Gasteiger partial charge < -0.3 is 10.1 Å². The molecule has 0 aliphatic heterocycles. The molecule has 1 N–H and O–H groups in total. The van der Waals surface area contributed by atoms with Crippen LogP contribution in [0.15, 0.2) is 6.07 Å². The Balaban J connectivity index is 1.90. The molecule has 22 heavy (non-hydrogen) atoms. The van der Waals surface area contributed by atoms with Crippen molar-refractivity contribution >= 4 is 23.2 Å². The van der Waals surface area contributed by atoms with Gasteiger partial charge >= 0.3 is 5.97 Å². The summed E-state index contributed by atoms with van der Waals surface area (Å²) in [4.78, 5) is 26.1. The van der Waals surface area contributed by atoms with E-state index in [9.17, 15) is 9.59 Å². The molecule has 1 aromatic rings. The van der Waals surface area contributed by atoms with Crippen LogP contribution in [0.2, 0.25) is 0 Å². The number of amides is 1. The molecule has 5 heteroatoms. The van der Waals surface area contributed by atoms with Gasteiger partial charge in [0, 0.05) is 10.9 Å². The Morgan fingerprint density at radius 2 is 2.14 bits per heavy atom. The summed E-state index contributed by atoms with van der Waals surface area (Å²) in [6.07, 6.45) is 4.44. The molecule has 0 unspecified atom stereocenters. The Hall–Kier alpha value is -1.36. The van der Waals surface area contributed by atoms with E-state index in [1.165, 1.54) is 10.4 Å². The minimum Gasteiger partial charge on any atom is -0.466 e. The van der Waals surface area contributed by atoms with Crippen LogP contribution in [0.1, 0.15) is 59.6 Å². The maximum Gasteiger partial charge on any atom is 0.308 e. The average molecular weight is 323 g/mol. The number of hydrogen-bond donors (Lipinski definition) is 1. The van der Waals surface area contributed by atoms with E-state index >= 15 is 0 Å². The lowest BCUT2D eigenvalue weighted by Crippen LogP contribution is -2.33.